The number of rotatable bonds is 4. The van der Waals surface area contributed by atoms with Gasteiger partial charge in [-0.3, -0.25) is 14.9 Å². The van der Waals surface area contributed by atoms with Crippen molar-refractivity contribution >= 4 is 16.6 Å². The zero-order valence-corrected chi connectivity index (χ0v) is 11.5. The molecule has 0 fully saturated rings. The van der Waals surface area contributed by atoms with Gasteiger partial charge in [-0.15, -0.1) is 0 Å². The Morgan fingerprint density at radius 1 is 1.48 bits per heavy atom. The van der Waals surface area contributed by atoms with Crippen LogP contribution in [0.2, 0.25) is 0 Å². The number of aromatic amines is 1. The molecule has 0 saturated heterocycles. The van der Waals surface area contributed by atoms with Gasteiger partial charge in [-0.2, -0.15) is 0 Å². The van der Waals surface area contributed by atoms with E-state index in [1.54, 1.807) is 6.08 Å². The van der Waals surface area contributed by atoms with Crippen LogP contribution in [0.4, 0.5) is 5.69 Å². The number of allylic oxidation sites excluding steroid dienone is 1. The second-order valence-corrected chi connectivity index (χ2v) is 4.71. The number of nitro groups is 1. The lowest BCUT2D eigenvalue weighted by molar-refractivity contribution is -0.384. The highest BCUT2D eigenvalue weighted by Gasteiger charge is 2.15. The molecule has 21 heavy (non-hydrogen) atoms. The maximum absolute atomic E-state index is 11.7. The third kappa shape index (κ3) is 3.02. The summed E-state index contributed by atoms with van der Waals surface area (Å²) in [6.07, 6.45) is 1.79. The molecule has 0 bridgehead atoms. The number of ether oxygens (including phenoxy) is 1. The number of nitrogens with one attached hydrogen (secondary N) is 1. The molecule has 2 N–H and O–H groups in total. The van der Waals surface area contributed by atoms with E-state index in [1.165, 1.54) is 18.2 Å². The van der Waals surface area contributed by atoms with Crippen molar-refractivity contribution in [1.82, 2.24) is 4.98 Å². The maximum Gasteiger partial charge on any atom is 0.294 e. The van der Waals surface area contributed by atoms with Crippen LogP contribution < -0.4 is 10.3 Å². The van der Waals surface area contributed by atoms with Crippen LogP contribution in [-0.4, -0.2) is 21.6 Å². The lowest BCUT2D eigenvalue weighted by Crippen LogP contribution is -2.08. The first-order valence-electron chi connectivity index (χ1n) is 6.19. The van der Waals surface area contributed by atoms with Crippen LogP contribution in [0, 0.1) is 10.1 Å². The van der Waals surface area contributed by atoms with Gasteiger partial charge in [0.15, 0.2) is 5.75 Å². The predicted molar refractivity (Wildman–Crippen MR) is 77.8 cm³/mol. The third-order valence-corrected chi connectivity index (χ3v) is 2.86. The Hall–Kier alpha value is -2.83. The molecule has 0 spiro atoms. The molecule has 2 aromatic rings. The second kappa shape index (κ2) is 5.66. The smallest absolute Gasteiger partial charge is 0.294 e. The number of fused-ring (bicyclic) bond motifs is 1. The zero-order chi connectivity index (χ0) is 15.6. The summed E-state index contributed by atoms with van der Waals surface area (Å²) in [5, 5.41) is 21.0. The summed E-state index contributed by atoms with van der Waals surface area (Å²) in [6, 6.07) is 3.94. The summed E-state index contributed by atoms with van der Waals surface area (Å²) in [6.45, 7) is 3.97. The fraction of sp³-hybridized carbons (Fsp3) is 0.214. The van der Waals surface area contributed by atoms with E-state index < -0.39 is 16.2 Å². The van der Waals surface area contributed by atoms with Crippen LogP contribution in [0.25, 0.3) is 10.9 Å². The molecule has 0 aliphatic rings. The fourth-order valence-corrected chi connectivity index (χ4v) is 1.80. The van der Waals surface area contributed by atoms with Crippen LogP contribution in [-0.2, 0) is 0 Å². The molecule has 1 aromatic carbocycles. The number of aromatic nitrogens is 1. The standard InChI is InChI=1S/C14H14N2O5/c1-8(2)5-6-21-13-10-4-3-9(16(19)20)7-11(10)15-14(18)12(13)17/h3-5,7,17H,6H2,1-2H3,(H,15,18). The minimum Gasteiger partial charge on any atom is -0.500 e. The molecule has 7 nitrogen and oxygen atoms in total. The first-order chi connectivity index (χ1) is 9.90. The molecule has 0 saturated carbocycles. The molecule has 110 valence electrons. The quantitative estimate of drug-likeness (QED) is 0.511. The van der Waals surface area contributed by atoms with Gasteiger partial charge in [0.25, 0.3) is 11.2 Å². The van der Waals surface area contributed by atoms with Gasteiger partial charge in [0.1, 0.15) is 6.61 Å². The molecule has 7 heteroatoms. The minimum absolute atomic E-state index is 0.0150. The minimum atomic E-state index is -0.754. The Morgan fingerprint density at radius 3 is 2.81 bits per heavy atom. The van der Waals surface area contributed by atoms with Gasteiger partial charge in [-0.1, -0.05) is 5.57 Å². The number of pyridine rings is 1. The highest BCUT2D eigenvalue weighted by atomic mass is 16.6. The molecular weight excluding hydrogens is 276 g/mol. The monoisotopic (exact) mass is 290 g/mol. The average molecular weight is 290 g/mol. The lowest BCUT2D eigenvalue weighted by Gasteiger charge is -2.09. The first-order valence-corrected chi connectivity index (χ1v) is 6.19. The van der Waals surface area contributed by atoms with Gasteiger partial charge in [-0.05, 0) is 26.0 Å². The van der Waals surface area contributed by atoms with Crippen molar-refractivity contribution in [3.8, 4) is 11.5 Å². The van der Waals surface area contributed by atoms with Gasteiger partial charge < -0.3 is 14.8 Å². The maximum atomic E-state index is 11.7. The van der Waals surface area contributed by atoms with E-state index in [4.69, 9.17) is 4.74 Å². The highest BCUT2D eigenvalue weighted by molar-refractivity contribution is 5.88. The molecule has 1 heterocycles. The Labute approximate surface area is 119 Å². The van der Waals surface area contributed by atoms with Gasteiger partial charge in [0.2, 0.25) is 5.75 Å². The number of hydrogen-bond acceptors (Lipinski definition) is 5. The molecule has 1 aromatic heterocycles. The van der Waals surface area contributed by atoms with E-state index in [0.717, 1.165) is 5.57 Å². The first kappa shape index (κ1) is 14.6. The summed E-state index contributed by atoms with van der Waals surface area (Å²) < 4.78 is 5.43. The summed E-state index contributed by atoms with van der Waals surface area (Å²) in [5.41, 5.74) is 0.354. The Morgan fingerprint density at radius 2 is 2.19 bits per heavy atom. The van der Waals surface area contributed by atoms with Crippen molar-refractivity contribution in [3.05, 3.63) is 50.3 Å². The van der Waals surface area contributed by atoms with Gasteiger partial charge in [0, 0.05) is 17.5 Å². The fourth-order valence-electron chi connectivity index (χ4n) is 1.80. The molecule has 0 aliphatic carbocycles. The normalized spacial score (nSPS) is 10.4. The summed E-state index contributed by atoms with van der Waals surface area (Å²) in [7, 11) is 0. The number of nitrogens with zero attached hydrogens (tertiary/aromatic N) is 1. The van der Waals surface area contributed by atoms with Crippen molar-refractivity contribution in [2.24, 2.45) is 0 Å². The molecule has 0 atom stereocenters. The van der Waals surface area contributed by atoms with E-state index in [1.807, 2.05) is 13.8 Å². The van der Waals surface area contributed by atoms with Crippen molar-refractivity contribution in [2.75, 3.05) is 6.61 Å². The zero-order valence-electron chi connectivity index (χ0n) is 11.5. The Balaban J connectivity index is 2.57. The second-order valence-electron chi connectivity index (χ2n) is 4.71. The molecule has 2 rings (SSSR count). The third-order valence-electron chi connectivity index (χ3n) is 2.86. The highest BCUT2D eigenvalue weighted by Crippen LogP contribution is 2.32. The van der Waals surface area contributed by atoms with Gasteiger partial charge in [0.05, 0.1) is 10.4 Å². The number of aromatic hydroxyl groups is 1. The van der Waals surface area contributed by atoms with E-state index in [0.29, 0.717) is 5.39 Å². The Bertz CT molecular complexity index is 788. The summed E-state index contributed by atoms with van der Waals surface area (Å²) >= 11 is 0. The van der Waals surface area contributed by atoms with Gasteiger partial charge >= 0.3 is 0 Å². The van der Waals surface area contributed by atoms with E-state index in [-0.39, 0.29) is 23.6 Å². The van der Waals surface area contributed by atoms with Crippen molar-refractivity contribution in [1.29, 1.82) is 0 Å². The van der Waals surface area contributed by atoms with Crippen molar-refractivity contribution < 1.29 is 14.8 Å². The average Bonchev–Trinajstić information content (AvgIpc) is 2.42. The lowest BCUT2D eigenvalue weighted by atomic mass is 10.1. The largest absolute Gasteiger partial charge is 0.500 e. The topological polar surface area (TPSA) is 105 Å². The van der Waals surface area contributed by atoms with Crippen LogP contribution in [0.15, 0.2) is 34.6 Å². The molecule has 0 aliphatic heterocycles. The van der Waals surface area contributed by atoms with E-state index >= 15 is 0 Å². The number of H-pyrrole nitrogens is 1. The summed E-state index contributed by atoms with van der Waals surface area (Å²) in [5.74, 6) is -0.528. The van der Waals surface area contributed by atoms with Crippen molar-refractivity contribution in [3.63, 3.8) is 0 Å². The van der Waals surface area contributed by atoms with Crippen LogP contribution in [0.3, 0.4) is 0 Å². The van der Waals surface area contributed by atoms with Gasteiger partial charge in [-0.25, -0.2) is 0 Å². The number of nitro benzene ring substituents is 1. The molecule has 0 radical (unpaired) electrons. The number of non-ortho nitro benzene ring substituents is 1. The number of benzene rings is 1. The van der Waals surface area contributed by atoms with Crippen molar-refractivity contribution in [2.45, 2.75) is 13.8 Å². The predicted octanol–water partition coefficient (Wildman–Crippen LogP) is 2.49. The van der Waals surface area contributed by atoms with Crippen LogP contribution >= 0.6 is 0 Å². The number of hydrogen-bond donors (Lipinski definition) is 2. The van der Waals surface area contributed by atoms with Crippen LogP contribution in [0.5, 0.6) is 11.5 Å². The van der Waals surface area contributed by atoms with E-state index in [9.17, 15) is 20.0 Å². The molecule has 0 amide bonds. The Kier molecular flexibility index (Phi) is 3.93. The molecular formula is C14H14N2O5. The molecule has 0 unspecified atom stereocenters. The SMILES string of the molecule is CC(C)=CCOc1c(O)c(=O)[nH]c2cc([N+](=O)[O-])ccc12. The summed E-state index contributed by atoms with van der Waals surface area (Å²) in [4.78, 5) is 24.2. The van der Waals surface area contributed by atoms with Crippen LogP contribution in [0.1, 0.15) is 13.8 Å². The van der Waals surface area contributed by atoms with E-state index in [2.05, 4.69) is 4.98 Å².